The summed E-state index contributed by atoms with van der Waals surface area (Å²) in [6, 6.07) is 1.67. The molecule has 1 atom stereocenters. The quantitative estimate of drug-likeness (QED) is 0.0770. The van der Waals surface area contributed by atoms with Crippen molar-refractivity contribution in [1.29, 1.82) is 0 Å². The Morgan fingerprint density at radius 3 is 1.14 bits per heavy atom. The summed E-state index contributed by atoms with van der Waals surface area (Å²) in [5, 5.41) is 0. The number of hydrogen-bond donors (Lipinski definition) is 0. The smallest absolute Gasteiger partial charge is 0.377 e. The van der Waals surface area contributed by atoms with Gasteiger partial charge in [0.25, 0.3) is 0 Å². The second kappa shape index (κ2) is 27.4. The molecule has 0 amide bonds. The van der Waals surface area contributed by atoms with E-state index in [9.17, 15) is 0 Å². The van der Waals surface area contributed by atoms with E-state index < -0.39 is 8.80 Å². The van der Waals surface area contributed by atoms with Gasteiger partial charge in [0.05, 0.1) is 0 Å². The van der Waals surface area contributed by atoms with Crippen LogP contribution in [0.1, 0.15) is 142 Å². The average molecular weight is 538 g/mol. The van der Waals surface area contributed by atoms with Gasteiger partial charge in [0, 0.05) is 33.4 Å². The van der Waals surface area contributed by atoms with Crippen molar-refractivity contribution in [2.24, 2.45) is 0 Å². The highest BCUT2D eigenvalue weighted by atomic mass is 35.5. The van der Waals surface area contributed by atoms with E-state index in [1.165, 1.54) is 128 Å². The van der Waals surface area contributed by atoms with Gasteiger partial charge in [-0.15, -0.1) is 12.4 Å². The van der Waals surface area contributed by atoms with E-state index >= 15 is 0 Å². The number of unbranched alkanes of at least 4 members (excludes halogenated alkanes) is 17. The van der Waals surface area contributed by atoms with Crippen LogP contribution in [0.3, 0.4) is 0 Å². The molecule has 0 aromatic carbocycles. The normalized spacial score (nSPS) is 12.8. The summed E-state index contributed by atoms with van der Waals surface area (Å²) < 4.78 is 16.6. The molecule has 0 radical (unpaired) electrons. The lowest BCUT2D eigenvalue weighted by atomic mass is 9.99. The van der Waals surface area contributed by atoms with Gasteiger partial charge in [0.1, 0.15) is 0 Å². The van der Waals surface area contributed by atoms with E-state index in [1.807, 2.05) is 0 Å². The van der Waals surface area contributed by atoms with Crippen molar-refractivity contribution in [2.75, 3.05) is 35.4 Å². The Labute approximate surface area is 228 Å². The fourth-order valence-corrected chi connectivity index (χ4v) is 6.84. The Bertz CT molecular complexity index is 403. The molecule has 0 spiro atoms. The molecular weight excluding hydrogens is 474 g/mol. The fourth-order valence-electron chi connectivity index (χ4n) is 5.04. The van der Waals surface area contributed by atoms with Gasteiger partial charge < -0.3 is 18.2 Å². The number of rotatable bonds is 27. The molecule has 214 valence electrons. The Balaban J connectivity index is 0. The Morgan fingerprint density at radius 2 is 0.829 bits per heavy atom. The summed E-state index contributed by atoms with van der Waals surface area (Å²) in [7, 11) is 7.26. The van der Waals surface area contributed by atoms with Crippen LogP contribution in [-0.2, 0) is 13.3 Å². The number of nitrogens with zero attached hydrogens (tertiary/aromatic N) is 1. The zero-order valence-corrected chi connectivity index (χ0v) is 26.5. The minimum atomic E-state index is -2.37. The molecule has 0 aliphatic carbocycles. The molecule has 0 saturated carbocycles. The van der Waals surface area contributed by atoms with Crippen molar-refractivity contribution in [1.82, 2.24) is 4.90 Å². The first-order chi connectivity index (χ1) is 16.5. The molecule has 0 aliphatic rings. The lowest BCUT2D eigenvalue weighted by Gasteiger charge is -2.25. The highest BCUT2D eigenvalue weighted by molar-refractivity contribution is 6.60. The van der Waals surface area contributed by atoms with Crippen LogP contribution in [0.5, 0.6) is 0 Å². The first-order valence-electron chi connectivity index (χ1n) is 14.9. The molecule has 0 aromatic heterocycles. The van der Waals surface area contributed by atoms with Crippen LogP contribution in [0.4, 0.5) is 0 Å². The van der Waals surface area contributed by atoms with Crippen LogP contribution in [0.2, 0.25) is 6.04 Å². The number of hydrogen-bond acceptors (Lipinski definition) is 4. The SMILES string of the molecule is CCCCCCCCCCCCCCCCCC(CCCCCC[Si](OC)(OC)OC)N(C)C.Cl. The van der Waals surface area contributed by atoms with Gasteiger partial charge in [0.2, 0.25) is 0 Å². The molecule has 6 heteroatoms. The van der Waals surface area contributed by atoms with Crippen molar-refractivity contribution < 1.29 is 13.3 Å². The van der Waals surface area contributed by atoms with Crippen LogP contribution in [0.25, 0.3) is 0 Å². The van der Waals surface area contributed by atoms with Gasteiger partial charge in [-0.3, -0.25) is 0 Å². The first kappa shape index (κ1) is 37.5. The largest absolute Gasteiger partial charge is 0.500 e. The second-order valence-corrected chi connectivity index (χ2v) is 13.7. The molecule has 35 heavy (non-hydrogen) atoms. The van der Waals surface area contributed by atoms with E-state index in [1.54, 1.807) is 21.3 Å². The van der Waals surface area contributed by atoms with Crippen molar-refractivity contribution in [3.63, 3.8) is 0 Å². The monoisotopic (exact) mass is 537 g/mol. The molecule has 0 N–H and O–H groups in total. The van der Waals surface area contributed by atoms with Crippen LogP contribution in [0.15, 0.2) is 0 Å². The summed E-state index contributed by atoms with van der Waals surface area (Å²) in [4.78, 5) is 2.45. The third-order valence-corrected chi connectivity index (χ3v) is 10.4. The van der Waals surface area contributed by atoms with Crippen molar-refractivity contribution in [3.05, 3.63) is 0 Å². The third-order valence-electron chi connectivity index (χ3n) is 7.57. The maximum Gasteiger partial charge on any atom is 0.500 e. The fraction of sp³-hybridized carbons (Fsp3) is 1.00. The van der Waals surface area contributed by atoms with Crippen LogP contribution >= 0.6 is 12.4 Å². The van der Waals surface area contributed by atoms with E-state index in [2.05, 4.69) is 25.9 Å². The highest BCUT2D eigenvalue weighted by Gasteiger charge is 2.36. The summed E-state index contributed by atoms with van der Waals surface area (Å²) in [6.07, 6.45) is 29.3. The summed E-state index contributed by atoms with van der Waals surface area (Å²) in [6.45, 7) is 2.30. The van der Waals surface area contributed by atoms with E-state index in [4.69, 9.17) is 13.3 Å². The van der Waals surface area contributed by atoms with Gasteiger partial charge in [0.15, 0.2) is 0 Å². The Kier molecular flexibility index (Phi) is 29.3. The van der Waals surface area contributed by atoms with Gasteiger partial charge in [-0.2, -0.15) is 0 Å². The van der Waals surface area contributed by atoms with Crippen LogP contribution < -0.4 is 0 Å². The van der Waals surface area contributed by atoms with Gasteiger partial charge in [-0.1, -0.05) is 122 Å². The molecule has 0 fully saturated rings. The summed E-state index contributed by atoms with van der Waals surface area (Å²) >= 11 is 0. The minimum Gasteiger partial charge on any atom is -0.377 e. The molecular formula is C29H64ClNO3Si. The molecule has 0 aliphatic heterocycles. The van der Waals surface area contributed by atoms with Crippen LogP contribution in [-0.4, -0.2) is 55.2 Å². The zero-order chi connectivity index (χ0) is 25.3. The van der Waals surface area contributed by atoms with Crippen molar-refractivity contribution >= 4 is 21.2 Å². The van der Waals surface area contributed by atoms with Gasteiger partial charge in [-0.25, -0.2) is 0 Å². The molecule has 0 saturated heterocycles. The molecule has 0 aromatic rings. The highest BCUT2D eigenvalue weighted by Crippen LogP contribution is 2.20. The predicted octanol–water partition coefficient (Wildman–Crippen LogP) is 9.43. The third kappa shape index (κ3) is 22.1. The standard InChI is InChI=1S/C29H63NO3Si.ClH/c1-7-8-9-10-11-12-13-14-15-16-17-18-19-20-23-26-29(30(2)3)27-24-21-22-25-28-34(31-4,32-5)33-6;/h29H,7-28H2,1-6H3;1H. The van der Waals surface area contributed by atoms with Crippen molar-refractivity contribution in [2.45, 2.75) is 154 Å². The Hall–Kier alpha value is 0.347. The van der Waals surface area contributed by atoms with Gasteiger partial charge >= 0.3 is 8.80 Å². The topological polar surface area (TPSA) is 30.9 Å². The van der Waals surface area contributed by atoms with Gasteiger partial charge in [-0.05, 0) is 33.4 Å². The minimum absolute atomic E-state index is 0. The second-order valence-electron chi connectivity index (χ2n) is 10.6. The number of halogens is 1. The molecule has 0 rings (SSSR count). The van der Waals surface area contributed by atoms with Crippen molar-refractivity contribution in [3.8, 4) is 0 Å². The van der Waals surface area contributed by atoms with Crippen LogP contribution in [0, 0.1) is 0 Å². The van der Waals surface area contributed by atoms with E-state index in [0.717, 1.165) is 18.5 Å². The molecule has 0 heterocycles. The van der Waals surface area contributed by atoms with E-state index in [0.29, 0.717) is 0 Å². The molecule has 0 bridgehead atoms. The summed E-state index contributed by atoms with van der Waals surface area (Å²) in [5.41, 5.74) is 0. The molecule has 1 unspecified atom stereocenters. The summed E-state index contributed by atoms with van der Waals surface area (Å²) in [5.74, 6) is 0. The lowest BCUT2D eigenvalue weighted by molar-refractivity contribution is 0.122. The lowest BCUT2D eigenvalue weighted by Crippen LogP contribution is -2.42. The predicted molar refractivity (Wildman–Crippen MR) is 159 cm³/mol. The zero-order valence-electron chi connectivity index (χ0n) is 24.7. The first-order valence-corrected chi connectivity index (χ1v) is 16.8. The average Bonchev–Trinajstić information content (AvgIpc) is 2.84. The van der Waals surface area contributed by atoms with E-state index in [-0.39, 0.29) is 12.4 Å². The maximum absolute atomic E-state index is 5.52. The Morgan fingerprint density at radius 1 is 0.514 bits per heavy atom. The molecule has 4 nitrogen and oxygen atoms in total. The maximum atomic E-state index is 5.52.